The second-order valence-electron chi connectivity index (χ2n) is 6.72. The van der Waals surface area contributed by atoms with Crippen LogP contribution in [0.5, 0.6) is 0 Å². The molecular formula is C19H20ClF2N3O3S. The van der Waals surface area contributed by atoms with E-state index in [-0.39, 0.29) is 32.0 Å². The van der Waals surface area contributed by atoms with Crippen molar-refractivity contribution in [2.75, 3.05) is 29.9 Å². The van der Waals surface area contributed by atoms with Gasteiger partial charge in [-0.15, -0.1) is 11.3 Å². The Bertz CT molecular complexity index is 876. The van der Waals surface area contributed by atoms with E-state index in [0.29, 0.717) is 20.6 Å². The van der Waals surface area contributed by atoms with Gasteiger partial charge in [0.05, 0.1) is 21.7 Å². The third kappa shape index (κ3) is 5.88. The Labute approximate surface area is 175 Å². The molecule has 0 saturated carbocycles. The third-order valence-corrected chi connectivity index (χ3v) is 5.66. The molecule has 156 valence electrons. The summed E-state index contributed by atoms with van der Waals surface area (Å²) >= 11 is 6.95. The molecular weight excluding hydrogens is 424 g/mol. The van der Waals surface area contributed by atoms with Crippen LogP contribution in [0.15, 0.2) is 36.4 Å². The van der Waals surface area contributed by atoms with Gasteiger partial charge >= 0.3 is 0 Å². The summed E-state index contributed by atoms with van der Waals surface area (Å²) in [6.07, 6.45) is -1.95. The zero-order valence-electron chi connectivity index (χ0n) is 15.3. The first-order valence-electron chi connectivity index (χ1n) is 8.97. The molecule has 0 spiro atoms. The summed E-state index contributed by atoms with van der Waals surface area (Å²) in [7, 11) is 0. The van der Waals surface area contributed by atoms with E-state index in [0.717, 1.165) is 11.3 Å². The predicted molar refractivity (Wildman–Crippen MR) is 109 cm³/mol. The van der Waals surface area contributed by atoms with Crippen LogP contribution in [0.25, 0.3) is 0 Å². The van der Waals surface area contributed by atoms with Gasteiger partial charge in [0.1, 0.15) is 0 Å². The summed E-state index contributed by atoms with van der Waals surface area (Å²) in [6, 6.07) is 9.98. The predicted octanol–water partition coefficient (Wildman–Crippen LogP) is 3.37. The van der Waals surface area contributed by atoms with Crippen LogP contribution in [-0.2, 0) is 4.79 Å². The van der Waals surface area contributed by atoms with Crippen molar-refractivity contribution in [3.63, 3.8) is 0 Å². The number of nitrogens with one attached hydrogen (secondary N) is 2. The molecule has 29 heavy (non-hydrogen) atoms. The Kier molecular flexibility index (Phi) is 6.71. The molecule has 10 heteroatoms. The lowest BCUT2D eigenvalue weighted by molar-refractivity contribution is -0.129. The fourth-order valence-corrected chi connectivity index (χ4v) is 3.84. The number of piperidine rings is 1. The molecule has 0 bridgehead atoms. The highest BCUT2D eigenvalue weighted by Crippen LogP contribution is 2.31. The molecule has 2 heterocycles. The number of benzene rings is 1. The highest BCUT2D eigenvalue weighted by atomic mass is 35.5. The Morgan fingerprint density at radius 3 is 2.59 bits per heavy atom. The Morgan fingerprint density at radius 2 is 1.97 bits per heavy atom. The molecule has 1 saturated heterocycles. The molecule has 2 aromatic rings. The molecule has 1 aromatic carbocycles. The van der Waals surface area contributed by atoms with Crippen molar-refractivity contribution in [2.24, 2.45) is 0 Å². The molecule has 3 N–H and O–H groups in total. The maximum Gasteiger partial charge on any atom is 0.261 e. The summed E-state index contributed by atoms with van der Waals surface area (Å²) in [5, 5.41) is 15.7. The number of amides is 2. The smallest absolute Gasteiger partial charge is 0.261 e. The van der Waals surface area contributed by atoms with Crippen molar-refractivity contribution in [3.8, 4) is 0 Å². The monoisotopic (exact) mass is 443 g/mol. The molecule has 0 radical (unpaired) electrons. The van der Waals surface area contributed by atoms with Crippen LogP contribution in [0.1, 0.15) is 22.5 Å². The number of anilines is 2. The van der Waals surface area contributed by atoms with Crippen LogP contribution in [0.3, 0.4) is 0 Å². The highest BCUT2D eigenvalue weighted by Gasteiger charge is 2.39. The number of hydrogen-bond acceptors (Lipinski definition) is 5. The number of carbonyl (C=O) groups is 2. The molecule has 2 amide bonds. The third-order valence-electron chi connectivity index (χ3n) is 4.43. The number of rotatable bonds is 7. The Morgan fingerprint density at radius 1 is 1.24 bits per heavy atom. The van der Waals surface area contributed by atoms with Crippen molar-refractivity contribution in [3.05, 3.63) is 45.6 Å². The number of aliphatic hydroxyl groups excluding tert-OH is 1. The van der Waals surface area contributed by atoms with Crippen LogP contribution in [0.2, 0.25) is 4.34 Å². The zero-order valence-corrected chi connectivity index (χ0v) is 16.9. The van der Waals surface area contributed by atoms with Crippen molar-refractivity contribution >= 4 is 46.1 Å². The van der Waals surface area contributed by atoms with E-state index in [4.69, 9.17) is 11.6 Å². The van der Waals surface area contributed by atoms with Crippen molar-refractivity contribution < 1.29 is 23.5 Å². The molecule has 1 atom stereocenters. The second-order valence-corrected chi connectivity index (χ2v) is 8.44. The quantitative estimate of drug-likeness (QED) is 0.613. The summed E-state index contributed by atoms with van der Waals surface area (Å²) < 4.78 is 27.1. The number of hydrogen-bond donors (Lipinski definition) is 3. The van der Waals surface area contributed by atoms with E-state index in [1.165, 1.54) is 4.90 Å². The van der Waals surface area contributed by atoms with Crippen LogP contribution < -0.4 is 15.5 Å². The topological polar surface area (TPSA) is 81.7 Å². The van der Waals surface area contributed by atoms with E-state index in [2.05, 4.69) is 10.6 Å². The lowest BCUT2D eigenvalue weighted by Gasteiger charge is -2.31. The SMILES string of the molecule is O=C(NCC(O)CNc1ccc(N2CCC(F)(F)CC2=O)cc1)c1ccc(Cl)s1. The van der Waals surface area contributed by atoms with Crippen LogP contribution in [0.4, 0.5) is 20.2 Å². The number of aliphatic hydroxyl groups is 1. The lowest BCUT2D eigenvalue weighted by atomic mass is 10.1. The Balaban J connectivity index is 1.45. The van der Waals surface area contributed by atoms with Gasteiger partial charge in [-0.3, -0.25) is 9.59 Å². The summed E-state index contributed by atoms with van der Waals surface area (Å²) in [6.45, 7) is 0.238. The molecule has 1 unspecified atom stereocenters. The van der Waals surface area contributed by atoms with Gasteiger partial charge in [-0.2, -0.15) is 0 Å². The number of alkyl halides is 2. The van der Waals surface area contributed by atoms with Crippen molar-refractivity contribution in [1.29, 1.82) is 0 Å². The first kappa shape index (κ1) is 21.5. The first-order chi connectivity index (χ1) is 13.7. The summed E-state index contributed by atoms with van der Waals surface area (Å²) in [5.41, 5.74) is 1.25. The molecule has 0 aliphatic carbocycles. The van der Waals surface area contributed by atoms with Gasteiger partial charge < -0.3 is 20.6 Å². The summed E-state index contributed by atoms with van der Waals surface area (Å²) in [4.78, 5) is 25.6. The fourth-order valence-electron chi connectivity index (χ4n) is 2.88. The van der Waals surface area contributed by atoms with Crippen molar-refractivity contribution in [2.45, 2.75) is 24.9 Å². The van der Waals surface area contributed by atoms with E-state index in [1.54, 1.807) is 36.4 Å². The molecule has 1 aliphatic rings. The van der Waals surface area contributed by atoms with Gasteiger partial charge in [0.25, 0.3) is 11.8 Å². The largest absolute Gasteiger partial charge is 0.389 e. The standard InChI is InChI=1S/C19H20ClF2N3O3S/c20-16-6-5-15(29-16)18(28)24-11-14(26)10-23-12-1-3-13(4-2-12)25-8-7-19(21,22)9-17(25)27/h1-6,14,23,26H,7-11H2,(H,24,28). The normalized spacial score (nSPS) is 17.1. The van der Waals surface area contributed by atoms with Gasteiger partial charge in [0, 0.05) is 37.4 Å². The molecule has 3 rings (SSSR count). The van der Waals surface area contributed by atoms with Gasteiger partial charge in [-0.25, -0.2) is 8.78 Å². The van der Waals surface area contributed by atoms with Crippen LogP contribution in [-0.4, -0.2) is 48.6 Å². The minimum absolute atomic E-state index is 0.0214. The van der Waals surface area contributed by atoms with E-state index in [1.807, 2.05) is 0 Å². The first-order valence-corrected chi connectivity index (χ1v) is 10.2. The minimum atomic E-state index is -2.93. The van der Waals surface area contributed by atoms with Crippen LogP contribution >= 0.6 is 22.9 Å². The number of thiophene rings is 1. The van der Waals surface area contributed by atoms with Crippen LogP contribution in [0, 0.1) is 0 Å². The highest BCUT2D eigenvalue weighted by molar-refractivity contribution is 7.17. The number of nitrogens with zero attached hydrogens (tertiary/aromatic N) is 1. The maximum absolute atomic E-state index is 13.3. The molecule has 1 aromatic heterocycles. The van der Waals surface area contributed by atoms with Crippen molar-refractivity contribution in [1.82, 2.24) is 5.32 Å². The van der Waals surface area contributed by atoms with E-state index >= 15 is 0 Å². The van der Waals surface area contributed by atoms with Gasteiger partial charge in [0.15, 0.2) is 0 Å². The van der Waals surface area contributed by atoms with E-state index in [9.17, 15) is 23.5 Å². The Hall–Kier alpha value is -2.23. The number of halogens is 3. The number of carbonyl (C=O) groups excluding carboxylic acids is 2. The van der Waals surface area contributed by atoms with E-state index < -0.39 is 24.4 Å². The minimum Gasteiger partial charge on any atom is -0.389 e. The van der Waals surface area contributed by atoms with Gasteiger partial charge in [-0.1, -0.05) is 11.6 Å². The summed E-state index contributed by atoms with van der Waals surface area (Å²) in [5.74, 6) is -3.83. The molecule has 1 fully saturated rings. The molecule has 1 aliphatic heterocycles. The van der Waals surface area contributed by atoms with Gasteiger partial charge in [-0.05, 0) is 36.4 Å². The second kappa shape index (κ2) is 9.06. The average Bonchev–Trinajstić information content (AvgIpc) is 3.11. The fraction of sp³-hybridized carbons (Fsp3) is 0.368. The maximum atomic E-state index is 13.3. The zero-order chi connectivity index (χ0) is 21.0. The average molecular weight is 444 g/mol. The van der Waals surface area contributed by atoms with Gasteiger partial charge in [0.2, 0.25) is 5.91 Å². The molecule has 6 nitrogen and oxygen atoms in total. The lowest BCUT2D eigenvalue weighted by Crippen LogP contribution is -2.43.